The van der Waals surface area contributed by atoms with Crippen LogP contribution < -0.4 is 5.30 Å². The van der Waals surface area contributed by atoms with Crippen molar-refractivity contribution in [3.8, 4) is 0 Å². The van der Waals surface area contributed by atoms with Crippen molar-refractivity contribution in [3.63, 3.8) is 0 Å². The molecule has 0 aliphatic carbocycles. The molecule has 20 heavy (non-hydrogen) atoms. The predicted octanol–water partition coefficient (Wildman–Crippen LogP) is 2.76. The Balaban J connectivity index is 2.48. The third-order valence-corrected chi connectivity index (χ3v) is 4.96. The summed E-state index contributed by atoms with van der Waals surface area (Å²) in [5.41, 5.74) is 0.0928. The lowest BCUT2D eigenvalue weighted by Crippen LogP contribution is -2.20. The largest absolute Gasteiger partial charge is 0.361 e. The molecule has 0 N–H and O–H groups in total. The van der Waals surface area contributed by atoms with Gasteiger partial charge in [0, 0.05) is 0 Å². The molecular weight excluding hydrogens is 286 g/mol. The summed E-state index contributed by atoms with van der Waals surface area (Å²) in [6, 6.07) is 4.26. The van der Waals surface area contributed by atoms with Crippen LogP contribution in [-0.2, 0) is 23.1 Å². The van der Waals surface area contributed by atoms with Gasteiger partial charge in [-0.3, -0.25) is 4.57 Å². The van der Waals surface area contributed by atoms with Crippen LogP contribution in [0.25, 0.3) is 0 Å². The summed E-state index contributed by atoms with van der Waals surface area (Å²) >= 11 is 0. The van der Waals surface area contributed by atoms with Gasteiger partial charge >= 0.3 is 7.60 Å². The van der Waals surface area contributed by atoms with Gasteiger partial charge in [0.1, 0.15) is 5.82 Å². The summed E-state index contributed by atoms with van der Waals surface area (Å²) in [4.78, 5) is 0. The first-order valence-electron chi connectivity index (χ1n) is 6.53. The third-order valence-electron chi connectivity index (χ3n) is 2.78. The molecule has 7 heteroatoms. The van der Waals surface area contributed by atoms with E-state index in [2.05, 4.69) is 0 Å². The van der Waals surface area contributed by atoms with Crippen molar-refractivity contribution in [2.45, 2.75) is 20.1 Å². The highest BCUT2D eigenvalue weighted by atomic mass is 31.2. The van der Waals surface area contributed by atoms with E-state index in [1.54, 1.807) is 13.8 Å². The predicted molar refractivity (Wildman–Crippen MR) is 71.5 cm³/mol. The molecule has 1 aromatic carbocycles. The molecule has 0 aromatic heterocycles. The van der Waals surface area contributed by atoms with Gasteiger partial charge in [0.2, 0.25) is 0 Å². The van der Waals surface area contributed by atoms with Gasteiger partial charge in [0.05, 0.1) is 37.3 Å². The standard InChI is InChI=1S/C13H18FO5P/c1-3-18-20(15,19-4-2)11-7-5-6-10(14)12(11)13-16-8-9-17-13/h5-7,13H,3-4,8-9H2,1-2H3. The van der Waals surface area contributed by atoms with Crippen molar-refractivity contribution < 1.29 is 27.5 Å². The normalized spacial score (nSPS) is 16.8. The zero-order valence-electron chi connectivity index (χ0n) is 11.5. The van der Waals surface area contributed by atoms with Crippen molar-refractivity contribution in [3.05, 3.63) is 29.6 Å². The number of hydrogen-bond acceptors (Lipinski definition) is 5. The van der Waals surface area contributed by atoms with Gasteiger partial charge in [0.15, 0.2) is 6.29 Å². The maximum absolute atomic E-state index is 14.1. The van der Waals surface area contributed by atoms with Crippen LogP contribution in [0.1, 0.15) is 25.7 Å². The molecule has 1 aliphatic rings. The number of benzene rings is 1. The zero-order valence-corrected chi connectivity index (χ0v) is 12.4. The second-order valence-corrected chi connectivity index (χ2v) is 6.07. The third kappa shape index (κ3) is 3.10. The Morgan fingerprint density at radius 2 is 1.85 bits per heavy atom. The molecule has 0 radical (unpaired) electrons. The average Bonchev–Trinajstić information content (AvgIpc) is 2.92. The fraction of sp³-hybridized carbons (Fsp3) is 0.538. The Hall–Kier alpha value is -0.780. The Bertz CT molecular complexity index is 492. The van der Waals surface area contributed by atoms with Crippen molar-refractivity contribution in [2.75, 3.05) is 26.4 Å². The lowest BCUT2D eigenvalue weighted by Gasteiger charge is -2.22. The van der Waals surface area contributed by atoms with Crippen LogP contribution in [-0.4, -0.2) is 26.4 Å². The molecule has 112 valence electrons. The molecule has 0 unspecified atom stereocenters. The fourth-order valence-corrected chi connectivity index (χ4v) is 3.85. The average molecular weight is 304 g/mol. The van der Waals surface area contributed by atoms with Crippen LogP contribution in [0.3, 0.4) is 0 Å². The van der Waals surface area contributed by atoms with E-state index in [1.807, 2.05) is 0 Å². The Morgan fingerprint density at radius 3 is 2.40 bits per heavy atom. The number of hydrogen-bond donors (Lipinski definition) is 0. The smallest absolute Gasteiger partial charge is 0.346 e. The molecule has 0 amide bonds. The van der Waals surface area contributed by atoms with E-state index in [-0.39, 0.29) is 24.1 Å². The van der Waals surface area contributed by atoms with Crippen LogP contribution in [0.4, 0.5) is 4.39 Å². The van der Waals surface area contributed by atoms with E-state index >= 15 is 0 Å². The Kier molecular flexibility index (Phi) is 5.29. The maximum atomic E-state index is 14.1. The highest BCUT2D eigenvalue weighted by molar-refractivity contribution is 7.62. The van der Waals surface area contributed by atoms with Crippen LogP contribution >= 0.6 is 7.60 Å². The van der Waals surface area contributed by atoms with Gasteiger partial charge < -0.3 is 18.5 Å². The molecule has 2 rings (SSSR count). The summed E-state index contributed by atoms with van der Waals surface area (Å²) < 4.78 is 48.1. The molecule has 1 fully saturated rings. The SMILES string of the molecule is CCOP(=O)(OCC)c1cccc(F)c1C1OCCO1. The topological polar surface area (TPSA) is 54.0 Å². The van der Waals surface area contributed by atoms with Gasteiger partial charge in [-0.1, -0.05) is 6.07 Å². The van der Waals surface area contributed by atoms with E-state index in [0.717, 1.165) is 0 Å². The summed E-state index contributed by atoms with van der Waals surface area (Å²) in [7, 11) is -3.59. The first-order valence-corrected chi connectivity index (χ1v) is 8.08. The molecule has 0 atom stereocenters. The zero-order chi connectivity index (χ0) is 14.6. The van der Waals surface area contributed by atoms with Crippen LogP contribution in [0.5, 0.6) is 0 Å². The van der Waals surface area contributed by atoms with Crippen molar-refractivity contribution in [1.82, 2.24) is 0 Å². The first kappa shape index (κ1) is 15.6. The van der Waals surface area contributed by atoms with Crippen LogP contribution in [0.2, 0.25) is 0 Å². The number of halogens is 1. The lowest BCUT2D eigenvalue weighted by atomic mass is 10.2. The molecule has 1 aliphatic heterocycles. The highest BCUT2D eigenvalue weighted by Crippen LogP contribution is 2.49. The molecule has 0 spiro atoms. The van der Waals surface area contributed by atoms with E-state index < -0.39 is 19.7 Å². The van der Waals surface area contributed by atoms with Gasteiger partial charge in [-0.15, -0.1) is 0 Å². The number of ether oxygens (including phenoxy) is 2. The van der Waals surface area contributed by atoms with E-state index in [4.69, 9.17) is 18.5 Å². The van der Waals surface area contributed by atoms with Crippen LogP contribution in [0.15, 0.2) is 18.2 Å². The summed E-state index contributed by atoms with van der Waals surface area (Å²) in [5.74, 6) is -0.547. The first-order chi connectivity index (χ1) is 9.62. The highest BCUT2D eigenvalue weighted by Gasteiger charge is 2.35. The molecule has 0 saturated carbocycles. The maximum Gasteiger partial charge on any atom is 0.361 e. The second kappa shape index (κ2) is 6.78. The van der Waals surface area contributed by atoms with E-state index in [1.165, 1.54) is 18.2 Å². The molecular formula is C13H18FO5P. The quantitative estimate of drug-likeness (QED) is 0.756. The molecule has 1 heterocycles. The fourth-order valence-electron chi connectivity index (χ4n) is 2.04. The van der Waals surface area contributed by atoms with Gasteiger partial charge in [0.25, 0.3) is 0 Å². The van der Waals surface area contributed by atoms with E-state index in [9.17, 15) is 8.96 Å². The molecule has 1 saturated heterocycles. The van der Waals surface area contributed by atoms with E-state index in [0.29, 0.717) is 13.2 Å². The van der Waals surface area contributed by atoms with Gasteiger partial charge in [-0.25, -0.2) is 4.39 Å². The molecule has 5 nitrogen and oxygen atoms in total. The van der Waals surface area contributed by atoms with Gasteiger partial charge in [-0.05, 0) is 26.0 Å². The van der Waals surface area contributed by atoms with Crippen molar-refractivity contribution in [2.24, 2.45) is 0 Å². The van der Waals surface area contributed by atoms with Crippen molar-refractivity contribution >= 4 is 12.9 Å². The summed E-state index contributed by atoms with van der Waals surface area (Å²) in [5, 5.41) is 0.160. The minimum atomic E-state index is -3.59. The summed E-state index contributed by atoms with van der Waals surface area (Å²) in [6.07, 6.45) is -0.875. The molecule has 1 aromatic rings. The second-order valence-electron chi connectivity index (χ2n) is 4.08. The van der Waals surface area contributed by atoms with Crippen molar-refractivity contribution in [1.29, 1.82) is 0 Å². The Labute approximate surface area is 117 Å². The molecule has 0 bridgehead atoms. The summed E-state index contributed by atoms with van der Waals surface area (Å²) in [6.45, 7) is 4.53. The number of rotatable bonds is 6. The minimum Gasteiger partial charge on any atom is -0.346 e. The lowest BCUT2D eigenvalue weighted by molar-refractivity contribution is -0.0458. The minimum absolute atomic E-state index is 0.0928. The monoisotopic (exact) mass is 304 g/mol. The van der Waals surface area contributed by atoms with Crippen LogP contribution in [0, 0.1) is 5.82 Å². The Morgan fingerprint density at radius 1 is 1.25 bits per heavy atom. The van der Waals surface area contributed by atoms with Gasteiger partial charge in [-0.2, -0.15) is 0 Å².